The molecule has 108 valence electrons. The summed E-state index contributed by atoms with van der Waals surface area (Å²) in [4.78, 5) is 12.7. The van der Waals surface area contributed by atoms with Crippen LogP contribution in [0.25, 0.3) is 0 Å². The molecule has 0 aliphatic carbocycles. The van der Waals surface area contributed by atoms with Gasteiger partial charge in [-0.2, -0.15) is 0 Å². The van der Waals surface area contributed by atoms with Crippen LogP contribution in [0.4, 0.5) is 11.4 Å². The average Bonchev–Trinajstić information content (AvgIpc) is 2.85. The third-order valence-electron chi connectivity index (χ3n) is 3.93. The van der Waals surface area contributed by atoms with E-state index in [0.29, 0.717) is 5.02 Å². The molecule has 0 fully saturated rings. The van der Waals surface area contributed by atoms with E-state index in [-0.39, 0.29) is 5.69 Å². The van der Waals surface area contributed by atoms with E-state index in [9.17, 15) is 10.1 Å². The molecule has 0 saturated carbocycles. The fourth-order valence-electron chi connectivity index (χ4n) is 2.81. The Labute approximate surface area is 128 Å². The zero-order valence-electron chi connectivity index (χ0n) is 11.7. The van der Waals surface area contributed by atoms with Crippen LogP contribution in [0, 0.1) is 17.0 Å². The van der Waals surface area contributed by atoms with Crippen LogP contribution in [0.1, 0.15) is 16.7 Å². The molecule has 4 nitrogen and oxygen atoms in total. The van der Waals surface area contributed by atoms with E-state index in [1.807, 2.05) is 12.1 Å². The first-order valence-electron chi connectivity index (χ1n) is 6.82. The van der Waals surface area contributed by atoms with Gasteiger partial charge >= 0.3 is 0 Å². The predicted molar refractivity (Wildman–Crippen MR) is 84.0 cm³/mol. The molecule has 0 aromatic heterocycles. The summed E-state index contributed by atoms with van der Waals surface area (Å²) in [7, 11) is 0. The van der Waals surface area contributed by atoms with Crippen LogP contribution in [0.5, 0.6) is 0 Å². The number of nitro benzene ring substituents is 1. The minimum Gasteiger partial charge on any atom is -0.365 e. The third-order valence-corrected chi connectivity index (χ3v) is 4.22. The Morgan fingerprint density at radius 2 is 2.10 bits per heavy atom. The summed E-state index contributed by atoms with van der Waals surface area (Å²) in [5.74, 6) is 0. The van der Waals surface area contributed by atoms with E-state index in [4.69, 9.17) is 11.6 Å². The predicted octanol–water partition coefficient (Wildman–Crippen LogP) is 4.12. The number of aryl methyl sites for hydroxylation is 1. The molecule has 5 heteroatoms. The van der Waals surface area contributed by atoms with Gasteiger partial charge in [0.1, 0.15) is 0 Å². The second-order valence-corrected chi connectivity index (χ2v) is 5.70. The van der Waals surface area contributed by atoms with Crippen molar-refractivity contribution in [2.24, 2.45) is 0 Å². The molecule has 0 atom stereocenters. The summed E-state index contributed by atoms with van der Waals surface area (Å²) in [5.41, 5.74) is 4.45. The lowest BCUT2D eigenvalue weighted by Crippen LogP contribution is -2.20. The van der Waals surface area contributed by atoms with Gasteiger partial charge in [0.25, 0.3) is 5.69 Å². The minimum absolute atomic E-state index is 0.0662. The van der Waals surface area contributed by atoms with Gasteiger partial charge in [-0.25, -0.2) is 0 Å². The number of fused-ring (bicyclic) bond motifs is 1. The Balaban J connectivity index is 1.94. The Bertz CT molecular complexity index is 715. The first-order chi connectivity index (χ1) is 10.1. The molecule has 1 aliphatic rings. The van der Waals surface area contributed by atoms with E-state index in [2.05, 4.69) is 24.0 Å². The number of nitro groups is 1. The van der Waals surface area contributed by atoms with Gasteiger partial charge < -0.3 is 4.90 Å². The molecule has 2 aromatic rings. The second kappa shape index (κ2) is 5.37. The van der Waals surface area contributed by atoms with Crippen molar-refractivity contribution in [1.29, 1.82) is 0 Å². The van der Waals surface area contributed by atoms with Gasteiger partial charge in [0.05, 0.1) is 15.6 Å². The van der Waals surface area contributed by atoms with Crippen molar-refractivity contribution in [3.63, 3.8) is 0 Å². The monoisotopic (exact) mass is 302 g/mol. The highest BCUT2D eigenvalue weighted by Gasteiger charge is 2.25. The van der Waals surface area contributed by atoms with Crippen LogP contribution in [0.2, 0.25) is 5.02 Å². The molecular formula is C16H15ClN2O2. The maximum atomic E-state index is 10.9. The Morgan fingerprint density at radius 1 is 1.33 bits per heavy atom. The molecule has 0 unspecified atom stereocenters. The average molecular weight is 303 g/mol. The number of hydrogen-bond acceptors (Lipinski definition) is 3. The molecular weight excluding hydrogens is 288 g/mol. The number of nitrogens with zero attached hydrogens (tertiary/aromatic N) is 2. The lowest BCUT2D eigenvalue weighted by atomic mass is 10.1. The van der Waals surface area contributed by atoms with Crippen molar-refractivity contribution in [1.82, 2.24) is 0 Å². The van der Waals surface area contributed by atoms with E-state index in [1.54, 1.807) is 6.07 Å². The Morgan fingerprint density at radius 3 is 2.81 bits per heavy atom. The second-order valence-electron chi connectivity index (χ2n) is 5.29. The van der Waals surface area contributed by atoms with Crippen molar-refractivity contribution in [3.8, 4) is 0 Å². The summed E-state index contributed by atoms with van der Waals surface area (Å²) in [6.07, 6.45) is 0.794. The number of non-ortho nitro benzene ring substituents is 1. The first-order valence-corrected chi connectivity index (χ1v) is 7.20. The maximum Gasteiger partial charge on any atom is 0.271 e. The highest BCUT2D eigenvalue weighted by Crippen LogP contribution is 2.39. The van der Waals surface area contributed by atoms with Crippen molar-refractivity contribution >= 4 is 23.0 Å². The van der Waals surface area contributed by atoms with Gasteiger partial charge in [-0.3, -0.25) is 10.1 Å². The SMILES string of the molecule is Cc1ccccc1CN1CCc2cc([N+](=O)[O-])cc(Cl)c21. The summed E-state index contributed by atoms with van der Waals surface area (Å²) in [5, 5.41) is 11.4. The summed E-state index contributed by atoms with van der Waals surface area (Å²) < 4.78 is 0. The summed E-state index contributed by atoms with van der Waals surface area (Å²) in [6.45, 7) is 3.70. The lowest BCUT2D eigenvalue weighted by Gasteiger charge is -2.21. The number of anilines is 1. The zero-order valence-corrected chi connectivity index (χ0v) is 12.4. The highest BCUT2D eigenvalue weighted by molar-refractivity contribution is 6.33. The molecule has 0 N–H and O–H groups in total. The van der Waals surface area contributed by atoms with Crippen LogP contribution in [-0.2, 0) is 13.0 Å². The molecule has 1 heterocycles. The van der Waals surface area contributed by atoms with Gasteiger partial charge in [-0.1, -0.05) is 35.9 Å². The number of rotatable bonds is 3. The van der Waals surface area contributed by atoms with E-state index < -0.39 is 4.92 Å². The molecule has 21 heavy (non-hydrogen) atoms. The van der Waals surface area contributed by atoms with Crippen LogP contribution in [0.3, 0.4) is 0 Å². The quantitative estimate of drug-likeness (QED) is 0.633. The van der Waals surface area contributed by atoms with Crippen molar-refractivity contribution < 1.29 is 4.92 Å². The smallest absolute Gasteiger partial charge is 0.271 e. The van der Waals surface area contributed by atoms with Crippen LogP contribution in [-0.4, -0.2) is 11.5 Å². The van der Waals surface area contributed by atoms with Gasteiger partial charge in [0, 0.05) is 25.2 Å². The standard InChI is InChI=1S/C16H15ClN2O2/c1-11-4-2-3-5-13(11)10-18-7-6-12-8-14(19(20)21)9-15(17)16(12)18/h2-5,8-9H,6-7,10H2,1H3. The zero-order chi connectivity index (χ0) is 15.0. The van der Waals surface area contributed by atoms with Gasteiger partial charge in [-0.15, -0.1) is 0 Å². The van der Waals surface area contributed by atoms with Crippen LogP contribution >= 0.6 is 11.6 Å². The number of benzene rings is 2. The van der Waals surface area contributed by atoms with Crippen LogP contribution < -0.4 is 4.90 Å². The highest BCUT2D eigenvalue weighted by atomic mass is 35.5. The van der Waals surface area contributed by atoms with Gasteiger partial charge in [0.15, 0.2) is 0 Å². The molecule has 0 radical (unpaired) electrons. The Hall–Kier alpha value is -2.07. The molecule has 0 saturated heterocycles. The number of halogens is 1. The first kappa shape index (κ1) is 13.9. The van der Waals surface area contributed by atoms with Crippen molar-refractivity contribution in [2.75, 3.05) is 11.4 Å². The molecule has 0 amide bonds. The minimum atomic E-state index is -0.393. The molecule has 3 rings (SSSR count). The lowest BCUT2D eigenvalue weighted by molar-refractivity contribution is -0.384. The van der Waals surface area contributed by atoms with E-state index >= 15 is 0 Å². The fraction of sp³-hybridized carbons (Fsp3) is 0.250. The number of hydrogen-bond donors (Lipinski definition) is 0. The van der Waals surface area contributed by atoms with E-state index in [0.717, 1.165) is 30.8 Å². The third kappa shape index (κ3) is 2.59. The molecule has 0 bridgehead atoms. The van der Waals surface area contributed by atoms with Crippen molar-refractivity contribution in [2.45, 2.75) is 19.9 Å². The molecule has 0 spiro atoms. The summed E-state index contributed by atoms with van der Waals surface area (Å²) >= 11 is 6.27. The fourth-order valence-corrected chi connectivity index (χ4v) is 3.16. The topological polar surface area (TPSA) is 46.4 Å². The maximum absolute atomic E-state index is 10.9. The van der Waals surface area contributed by atoms with Gasteiger partial charge in [-0.05, 0) is 30.0 Å². The Kier molecular flexibility index (Phi) is 3.55. The van der Waals surface area contributed by atoms with Crippen LogP contribution in [0.15, 0.2) is 36.4 Å². The molecule has 2 aromatic carbocycles. The normalized spacial score (nSPS) is 13.3. The largest absolute Gasteiger partial charge is 0.365 e. The summed E-state index contributed by atoms with van der Waals surface area (Å²) in [6, 6.07) is 11.3. The molecule has 1 aliphatic heterocycles. The van der Waals surface area contributed by atoms with E-state index in [1.165, 1.54) is 17.2 Å². The van der Waals surface area contributed by atoms with Crippen molar-refractivity contribution in [3.05, 3.63) is 68.2 Å². The van der Waals surface area contributed by atoms with Gasteiger partial charge in [0.2, 0.25) is 0 Å².